The van der Waals surface area contributed by atoms with Gasteiger partial charge in [0.1, 0.15) is 0 Å². The van der Waals surface area contributed by atoms with Gasteiger partial charge < -0.3 is 15.4 Å². The number of benzene rings is 1. The van der Waals surface area contributed by atoms with Gasteiger partial charge in [0.2, 0.25) is 0 Å². The molecule has 5 heteroatoms. The SMILES string of the molecule is CN=C(NCCCOCC1CC1)NCc1ccccc1CN1CCCCC1. The van der Waals surface area contributed by atoms with E-state index in [1.165, 1.54) is 56.3 Å². The minimum Gasteiger partial charge on any atom is -0.381 e. The summed E-state index contributed by atoms with van der Waals surface area (Å²) in [5, 5.41) is 6.85. The van der Waals surface area contributed by atoms with Gasteiger partial charge in [-0.25, -0.2) is 0 Å². The Kier molecular flexibility index (Phi) is 8.43. The molecule has 0 atom stereocenters. The minimum absolute atomic E-state index is 0.807. The zero-order chi connectivity index (χ0) is 18.7. The van der Waals surface area contributed by atoms with E-state index in [4.69, 9.17) is 4.74 Å². The summed E-state index contributed by atoms with van der Waals surface area (Å²) in [6.45, 7) is 6.99. The molecule has 0 bridgehead atoms. The van der Waals surface area contributed by atoms with E-state index >= 15 is 0 Å². The highest BCUT2D eigenvalue weighted by atomic mass is 16.5. The Morgan fingerprint density at radius 1 is 1.11 bits per heavy atom. The Balaban J connectivity index is 1.38. The zero-order valence-corrected chi connectivity index (χ0v) is 16.9. The van der Waals surface area contributed by atoms with Crippen LogP contribution in [0.1, 0.15) is 49.7 Å². The summed E-state index contributed by atoms with van der Waals surface area (Å²) in [6, 6.07) is 8.77. The molecule has 3 rings (SSSR count). The van der Waals surface area contributed by atoms with Gasteiger partial charge >= 0.3 is 0 Å². The van der Waals surface area contributed by atoms with Crippen LogP contribution in [0.4, 0.5) is 0 Å². The molecule has 1 aliphatic carbocycles. The fourth-order valence-electron chi connectivity index (χ4n) is 3.56. The summed E-state index contributed by atoms with van der Waals surface area (Å²) in [5.74, 6) is 1.71. The molecule has 1 heterocycles. The van der Waals surface area contributed by atoms with Crippen molar-refractivity contribution in [3.63, 3.8) is 0 Å². The van der Waals surface area contributed by atoms with Gasteiger partial charge in [0.25, 0.3) is 0 Å². The number of nitrogens with zero attached hydrogens (tertiary/aromatic N) is 2. The van der Waals surface area contributed by atoms with Gasteiger partial charge in [-0.05, 0) is 62.2 Å². The molecule has 0 radical (unpaired) electrons. The number of aliphatic imine (C=N–C) groups is 1. The molecule has 1 aliphatic heterocycles. The van der Waals surface area contributed by atoms with E-state index in [-0.39, 0.29) is 0 Å². The molecule has 2 N–H and O–H groups in total. The molecule has 0 aromatic heterocycles. The first-order valence-corrected chi connectivity index (χ1v) is 10.7. The monoisotopic (exact) mass is 372 g/mol. The number of ether oxygens (including phenoxy) is 1. The summed E-state index contributed by atoms with van der Waals surface area (Å²) in [6.07, 6.45) is 7.77. The molecular weight excluding hydrogens is 336 g/mol. The van der Waals surface area contributed by atoms with E-state index in [1.54, 1.807) is 0 Å². The number of piperidine rings is 1. The quantitative estimate of drug-likeness (QED) is 0.376. The van der Waals surface area contributed by atoms with E-state index < -0.39 is 0 Å². The third-order valence-electron chi connectivity index (χ3n) is 5.44. The average Bonchev–Trinajstić information content (AvgIpc) is 3.53. The van der Waals surface area contributed by atoms with Crippen molar-refractivity contribution in [1.29, 1.82) is 0 Å². The molecule has 1 saturated heterocycles. The summed E-state index contributed by atoms with van der Waals surface area (Å²) in [5.41, 5.74) is 2.79. The van der Waals surface area contributed by atoms with E-state index in [0.29, 0.717) is 0 Å². The lowest BCUT2D eigenvalue weighted by atomic mass is 10.0. The van der Waals surface area contributed by atoms with E-state index in [9.17, 15) is 0 Å². The van der Waals surface area contributed by atoms with Crippen molar-refractivity contribution in [3.05, 3.63) is 35.4 Å². The highest BCUT2D eigenvalue weighted by Crippen LogP contribution is 2.28. The van der Waals surface area contributed by atoms with Gasteiger partial charge in [-0.15, -0.1) is 0 Å². The van der Waals surface area contributed by atoms with Crippen molar-refractivity contribution in [1.82, 2.24) is 15.5 Å². The number of hydrogen-bond donors (Lipinski definition) is 2. The van der Waals surface area contributed by atoms with Crippen LogP contribution < -0.4 is 10.6 Å². The van der Waals surface area contributed by atoms with E-state index in [2.05, 4.69) is 44.8 Å². The van der Waals surface area contributed by atoms with Crippen molar-refractivity contribution in [2.24, 2.45) is 10.9 Å². The predicted molar refractivity (Wildman–Crippen MR) is 112 cm³/mol. The van der Waals surface area contributed by atoms with Crippen molar-refractivity contribution in [2.75, 3.05) is 39.9 Å². The molecular formula is C22H36N4O. The minimum atomic E-state index is 0.807. The number of guanidine groups is 1. The van der Waals surface area contributed by atoms with Crippen molar-refractivity contribution < 1.29 is 4.74 Å². The second-order valence-corrected chi connectivity index (χ2v) is 7.83. The van der Waals surface area contributed by atoms with Crippen LogP contribution in [0.15, 0.2) is 29.3 Å². The average molecular weight is 373 g/mol. The van der Waals surface area contributed by atoms with Gasteiger partial charge in [-0.1, -0.05) is 30.7 Å². The predicted octanol–water partition coefficient (Wildman–Crippen LogP) is 3.15. The Hall–Kier alpha value is -1.59. The Bertz CT molecular complexity index is 579. The van der Waals surface area contributed by atoms with Crippen LogP contribution >= 0.6 is 0 Å². The highest BCUT2D eigenvalue weighted by molar-refractivity contribution is 5.79. The van der Waals surface area contributed by atoms with Crippen LogP contribution in [0, 0.1) is 5.92 Å². The van der Waals surface area contributed by atoms with Crippen LogP contribution in [0.2, 0.25) is 0 Å². The first-order valence-electron chi connectivity index (χ1n) is 10.7. The molecule has 150 valence electrons. The van der Waals surface area contributed by atoms with Gasteiger partial charge in [0.15, 0.2) is 5.96 Å². The van der Waals surface area contributed by atoms with Crippen LogP contribution in [0.3, 0.4) is 0 Å². The molecule has 1 saturated carbocycles. The van der Waals surface area contributed by atoms with E-state index in [0.717, 1.165) is 51.1 Å². The molecule has 1 aromatic rings. The Morgan fingerprint density at radius 2 is 1.89 bits per heavy atom. The largest absolute Gasteiger partial charge is 0.381 e. The van der Waals surface area contributed by atoms with Crippen molar-refractivity contribution in [2.45, 2.75) is 51.6 Å². The maximum Gasteiger partial charge on any atom is 0.191 e. The summed E-state index contributed by atoms with van der Waals surface area (Å²) < 4.78 is 5.69. The number of nitrogens with one attached hydrogen (secondary N) is 2. The zero-order valence-electron chi connectivity index (χ0n) is 16.9. The summed E-state index contributed by atoms with van der Waals surface area (Å²) in [7, 11) is 1.83. The topological polar surface area (TPSA) is 48.9 Å². The first kappa shape index (κ1) is 20.2. The summed E-state index contributed by atoms with van der Waals surface area (Å²) >= 11 is 0. The lowest BCUT2D eigenvalue weighted by molar-refractivity contribution is 0.123. The second kappa shape index (κ2) is 11.3. The summed E-state index contributed by atoms with van der Waals surface area (Å²) in [4.78, 5) is 6.93. The Labute approximate surface area is 164 Å². The van der Waals surface area contributed by atoms with Crippen LogP contribution in [0.25, 0.3) is 0 Å². The number of likely N-dealkylation sites (tertiary alicyclic amines) is 1. The maximum atomic E-state index is 5.69. The molecule has 0 amide bonds. The van der Waals surface area contributed by atoms with E-state index in [1.807, 2.05) is 7.05 Å². The van der Waals surface area contributed by atoms with Gasteiger partial charge in [0.05, 0.1) is 0 Å². The lowest BCUT2D eigenvalue weighted by Gasteiger charge is -2.27. The highest BCUT2D eigenvalue weighted by Gasteiger charge is 2.20. The third kappa shape index (κ3) is 7.51. The van der Waals surface area contributed by atoms with Gasteiger partial charge in [-0.3, -0.25) is 9.89 Å². The smallest absolute Gasteiger partial charge is 0.191 e. The first-order chi connectivity index (χ1) is 13.3. The third-order valence-corrected chi connectivity index (χ3v) is 5.44. The fraction of sp³-hybridized carbons (Fsp3) is 0.682. The van der Waals surface area contributed by atoms with Crippen LogP contribution in [0.5, 0.6) is 0 Å². The molecule has 0 unspecified atom stereocenters. The van der Waals surface area contributed by atoms with Crippen LogP contribution in [-0.4, -0.2) is 50.8 Å². The molecule has 2 aliphatic rings. The molecule has 2 fully saturated rings. The van der Waals surface area contributed by atoms with Crippen molar-refractivity contribution in [3.8, 4) is 0 Å². The lowest BCUT2D eigenvalue weighted by Crippen LogP contribution is -2.38. The molecule has 1 aromatic carbocycles. The number of rotatable bonds is 10. The van der Waals surface area contributed by atoms with Crippen LogP contribution in [-0.2, 0) is 17.8 Å². The Morgan fingerprint density at radius 3 is 2.63 bits per heavy atom. The molecule has 5 nitrogen and oxygen atoms in total. The second-order valence-electron chi connectivity index (χ2n) is 7.83. The van der Waals surface area contributed by atoms with Gasteiger partial charge in [-0.2, -0.15) is 0 Å². The van der Waals surface area contributed by atoms with Crippen molar-refractivity contribution >= 4 is 5.96 Å². The fourth-order valence-corrected chi connectivity index (χ4v) is 3.56. The maximum absolute atomic E-state index is 5.69. The van der Waals surface area contributed by atoms with Gasteiger partial charge in [0, 0.05) is 39.9 Å². The number of hydrogen-bond acceptors (Lipinski definition) is 3. The molecule has 27 heavy (non-hydrogen) atoms. The normalized spacial score (nSPS) is 18.5. The molecule has 0 spiro atoms. The standard InChI is InChI=1S/C22H36N4O/c1-23-22(24-12-7-15-27-18-19-10-11-19)25-16-20-8-3-4-9-21(20)17-26-13-5-2-6-14-26/h3-4,8-9,19H,2,5-7,10-18H2,1H3,(H2,23,24,25).